The van der Waals surface area contributed by atoms with Crippen LogP contribution in [0.1, 0.15) is 46.5 Å². The SMILES string of the molecule is CCC[CH2][Sn][O]CC(CC)CC. The van der Waals surface area contributed by atoms with E-state index in [1.54, 1.807) is 0 Å². The third-order valence-electron chi connectivity index (χ3n) is 2.21. The summed E-state index contributed by atoms with van der Waals surface area (Å²) >= 11 is -0.413. The van der Waals surface area contributed by atoms with Crippen LogP contribution in [0.5, 0.6) is 0 Å². The summed E-state index contributed by atoms with van der Waals surface area (Å²) in [5, 5.41) is 0. The van der Waals surface area contributed by atoms with Crippen molar-refractivity contribution in [3.63, 3.8) is 0 Å². The van der Waals surface area contributed by atoms with Gasteiger partial charge < -0.3 is 0 Å². The predicted octanol–water partition coefficient (Wildman–Crippen LogP) is 3.28. The quantitative estimate of drug-likeness (QED) is 0.488. The van der Waals surface area contributed by atoms with E-state index < -0.39 is 21.6 Å². The molecule has 2 radical (unpaired) electrons. The standard InChI is InChI=1S/C6H13O.C4H9.Sn/c1-3-6(4-2)5-7;1-3-4-2;/h6H,3-5H2,1-2H3;1,3-4H2,2H3;/q-1;;+1. The van der Waals surface area contributed by atoms with Gasteiger partial charge in [-0.05, 0) is 0 Å². The molecule has 0 aliphatic heterocycles. The van der Waals surface area contributed by atoms with Gasteiger partial charge in [-0.25, -0.2) is 0 Å². The molecule has 0 aromatic heterocycles. The Morgan fingerprint density at radius 3 is 2.33 bits per heavy atom. The van der Waals surface area contributed by atoms with Crippen molar-refractivity contribution in [2.75, 3.05) is 6.61 Å². The van der Waals surface area contributed by atoms with E-state index in [2.05, 4.69) is 20.8 Å². The van der Waals surface area contributed by atoms with Crippen LogP contribution in [0.2, 0.25) is 4.44 Å². The fourth-order valence-corrected chi connectivity index (χ4v) is 3.86. The number of hydrogen-bond donors (Lipinski definition) is 0. The zero-order valence-electron chi connectivity index (χ0n) is 8.73. The Bertz CT molecular complexity index is 81.9. The summed E-state index contributed by atoms with van der Waals surface area (Å²) in [6, 6.07) is 0. The van der Waals surface area contributed by atoms with Crippen molar-refractivity contribution in [1.29, 1.82) is 0 Å². The Labute approximate surface area is 88.0 Å². The van der Waals surface area contributed by atoms with Crippen LogP contribution in [0.15, 0.2) is 0 Å². The molecule has 0 aliphatic rings. The molecule has 0 saturated heterocycles. The maximum absolute atomic E-state index is 5.75. The third-order valence-corrected chi connectivity index (χ3v) is 4.86. The van der Waals surface area contributed by atoms with Gasteiger partial charge in [0.2, 0.25) is 0 Å². The summed E-state index contributed by atoms with van der Waals surface area (Å²) in [4.78, 5) is 0. The maximum atomic E-state index is 5.75. The third kappa shape index (κ3) is 7.41. The first-order chi connectivity index (χ1) is 5.85. The summed E-state index contributed by atoms with van der Waals surface area (Å²) in [6.07, 6.45) is 5.28. The van der Waals surface area contributed by atoms with Crippen molar-refractivity contribution in [2.45, 2.75) is 50.9 Å². The van der Waals surface area contributed by atoms with E-state index in [0.717, 1.165) is 12.5 Å². The summed E-state index contributed by atoms with van der Waals surface area (Å²) in [5.41, 5.74) is 0. The van der Waals surface area contributed by atoms with Gasteiger partial charge in [0.15, 0.2) is 0 Å². The fourth-order valence-electron chi connectivity index (χ4n) is 1.02. The molecule has 0 bridgehead atoms. The van der Waals surface area contributed by atoms with Crippen LogP contribution in [-0.2, 0) is 3.07 Å². The molecule has 12 heavy (non-hydrogen) atoms. The second-order valence-electron chi connectivity index (χ2n) is 3.24. The average Bonchev–Trinajstić information content (AvgIpc) is 2.11. The Hall–Kier alpha value is 0.759. The van der Waals surface area contributed by atoms with Gasteiger partial charge in [-0.15, -0.1) is 0 Å². The van der Waals surface area contributed by atoms with Crippen molar-refractivity contribution in [2.24, 2.45) is 5.92 Å². The number of hydrogen-bond acceptors (Lipinski definition) is 1. The molecule has 0 aromatic rings. The molecule has 0 aromatic carbocycles. The van der Waals surface area contributed by atoms with Crippen LogP contribution in [0.4, 0.5) is 0 Å². The molecular formula is C10H22OSn. The molecule has 0 unspecified atom stereocenters. The minimum absolute atomic E-state index is 0.413. The Kier molecular flexibility index (Phi) is 10.5. The van der Waals surface area contributed by atoms with Gasteiger partial charge in [-0.3, -0.25) is 0 Å². The molecule has 2 heteroatoms. The molecular weight excluding hydrogens is 255 g/mol. The van der Waals surface area contributed by atoms with E-state index in [9.17, 15) is 0 Å². The summed E-state index contributed by atoms with van der Waals surface area (Å²) < 4.78 is 7.15. The summed E-state index contributed by atoms with van der Waals surface area (Å²) in [5.74, 6) is 0.826. The Morgan fingerprint density at radius 1 is 1.17 bits per heavy atom. The topological polar surface area (TPSA) is 9.23 Å². The zero-order chi connectivity index (χ0) is 9.23. The normalized spacial score (nSPS) is 11.0. The van der Waals surface area contributed by atoms with Gasteiger partial charge in [-0.1, -0.05) is 0 Å². The Balaban J connectivity index is 3.06. The van der Waals surface area contributed by atoms with E-state index in [1.165, 1.54) is 30.1 Å². The van der Waals surface area contributed by atoms with Crippen molar-refractivity contribution in [3.8, 4) is 0 Å². The van der Waals surface area contributed by atoms with Crippen molar-refractivity contribution < 1.29 is 3.07 Å². The van der Waals surface area contributed by atoms with Crippen LogP contribution in [-0.4, -0.2) is 28.2 Å². The van der Waals surface area contributed by atoms with Crippen molar-refractivity contribution >= 4 is 21.6 Å². The average molecular weight is 277 g/mol. The van der Waals surface area contributed by atoms with Crippen LogP contribution in [0.25, 0.3) is 0 Å². The van der Waals surface area contributed by atoms with Crippen LogP contribution in [0.3, 0.4) is 0 Å². The second-order valence-corrected chi connectivity index (χ2v) is 6.32. The minimum atomic E-state index is -0.413. The van der Waals surface area contributed by atoms with Crippen LogP contribution in [0, 0.1) is 5.92 Å². The molecule has 0 spiro atoms. The molecule has 0 heterocycles. The van der Waals surface area contributed by atoms with Gasteiger partial charge in [-0.2, -0.15) is 0 Å². The van der Waals surface area contributed by atoms with Gasteiger partial charge in [0.25, 0.3) is 0 Å². The number of unbranched alkanes of at least 4 members (excludes halogenated alkanes) is 1. The first-order valence-electron chi connectivity index (χ1n) is 5.19. The van der Waals surface area contributed by atoms with Crippen LogP contribution >= 0.6 is 0 Å². The van der Waals surface area contributed by atoms with E-state index in [-0.39, 0.29) is 0 Å². The first-order valence-corrected chi connectivity index (χ1v) is 8.38. The van der Waals surface area contributed by atoms with E-state index in [0.29, 0.717) is 0 Å². The molecule has 0 N–H and O–H groups in total. The van der Waals surface area contributed by atoms with E-state index in [4.69, 9.17) is 3.07 Å². The van der Waals surface area contributed by atoms with Gasteiger partial charge >= 0.3 is 88.0 Å². The van der Waals surface area contributed by atoms with E-state index in [1.807, 2.05) is 0 Å². The molecule has 72 valence electrons. The van der Waals surface area contributed by atoms with Crippen molar-refractivity contribution in [3.05, 3.63) is 0 Å². The second kappa shape index (κ2) is 9.84. The van der Waals surface area contributed by atoms with Crippen molar-refractivity contribution in [1.82, 2.24) is 0 Å². The molecule has 0 rings (SSSR count). The molecule has 0 amide bonds. The van der Waals surface area contributed by atoms with Gasteiger partial charge in [0, 0.05) is 0 Å². The van der Waals surface area contributed by atoms with E-state index >= 15 is 0 Å². The number of rotatable bonds is 8. The summed E-state index contributed by atoms with van der Waals surface area (Å²) in [7, 11) is 0. The first kappa shape index (κ1) is 12.8. The monoisotopic (exact) mass is 278 g/mol. The predicted molar refractivity (Wildman–Crippen MR) is 55.5 cm³/mol. The summed E-state index contributed by atoms with van der Waals surface area (Å²) in [6.45, 7) is 7.81. The van der Waals surface area contributed by atoms with Crippen LogP contribution < -0.4 is 0 Å². The molecule has 0 aliphatic carbocycles. The fraction of sp³-hybridized carbons (Fsp3) is 1.00. The van der Waals surface area contributed by atoms with Gasteiger partial charge in [0.1, 0.15) is 0 Å². The Morgan fingerprint density at radius 2 is 1.83 bits per heavy atom. The molecule has 0 fully saturated rings. The van der Waals surface area contributed by atoms with Gasteiger partial charge in [0.05, 0.1) is 0 Å². The molecule has 0 saturated carbocycles. The zero-order valence-corrected chi connectivity index (χ0v) is 11.6. The molecule has 1 nitrogen and oxygen atoms in total. The molecule has 0 atom stereocenters.